The van der Waals surface area contributed by atoms with Gasteiger partial charge in [-0.25, -0.2) is 4.98 Å². The summed E-state index contributed by atoms with van der Waals surface area (Å²) in [4.78, 5) is 18.5. The van der Waals surface area contributed by atoms with Crippen LogP contribution in [0.2, 0.25) is 0 Å². The van der Waals surface area contributed by atoms with Gasteiger partial charge in [-0.3, -0.25) is 4.79 Å². The maximum atomic E-state index is 11.4. The maximum Gasteiger partial charge on any atom is 0.315 e. The van der Waals surface area contributed by atoms with E-state index in [1.165, 1.54) is 38.5 Å². The molecular formula is C16H24N2O2S. The monoisotopic (exact) mass is 308 g/mol. The Balaban J connectivity index is 1.80. The molecule has 3 rings (SSSR count). The average molecular weight is 308 g/mol. The molecular weight excluding hydrogens is 284 g/mol. The zero-order chi connectivity index (χ0) is 15.0. The van der Waals surface area contributed by atoms with Crippen molar-refractivity contribution in [3.05, 3.63) is 11.1 Å². The Bertz CT molecular complexity index is 520. The molecule has 1 saturated carbocycles. The molecule has 116 valence electrons. The second kappa shape index (κ2) is 5.59. The number of hydrogen-bond donors (Lipinski definition) is 1. The number of carbonyl (C=O) groups is 1. The van der Waals surface area contributed by atoms with E-state index in [1.54, 1.807) is 25.2 Å². The molecule has 0 bridgehead atoms. The molecule has 1 unspecified atom stereocenters. The van der Waals surface area contributed by atoms with Crippen LogP contribution in [0.3, 0.4) is 0 Å². The first-order valence-corrected chi connectivity index (χ1v) is 8.84. The lowest BCUT2D eigenvalue weighted by Gasteiger charge is -2.29. The minimum atomic E-state index is -0.905. The average Bonchev–Trinajstić information content (AvgIpc) is 3.18. The van der Waals surface area contributed by atoms with Gasteiger partial charge in [0.25, 0.3) is 0 Å². The number of carboxylic acids is 1. The summed E-state index contributed by atoms with van der Waals surface area (Å²) >= 11 is 1.61. The van der Waals surface area contributed by atoms with Crippen molar-refractivity contribution in [2.45, 2.75) is 63.8 Å². The highest BCUT2D eigenvalue weighted by Gasteiger charge is 2.37. The van der Waals surface area contributed by atoms with Crippen molar-refractivity contribution in [3.8, 4) is 0 Å². The molecule has 0 aromatic carbocycles. The van der Waals surface area contributed by atoms with Crippen LogP contribution >= 0.6 is 11.3 Å². The van der Waals surface area contributed by atoms with Crippen LogP contribution in [0.4, 0.5) is 5.13 Å². The molecule has 0 spiro atoms. The lowest BCUT2D eigenvalue weighted by atomic mass is 9.90. The quantitative estimate of drug-likeness (QED) is 0.922. The van der Waals surface area contributed by atoms with Crippen LogP contribution in [-0.4, -0.2) is 28.6 Å². The van der Waals surface area contributed by atoms with Gasteiger partial charge < -0.3 is 10.0 Å². The highest BCUT2D eigenvalue weighted by Crippen LogP contribution is 2.39. The van der Waals surface area contributed by atoms with E-state index >= 15 is 0 Å². The van der Waals surface area contributed by atoms with E-state index in [9.17, 15) is 9.90 Å². The lowest BCUT2D eigenvalue weighted by Crippen LogP contribution is -2.35. The molecule has 2 aliphatic rings. The number of anilines is 1. The van der Waals surface area contributed by atoms with E-state index in [2.05, 4.69) is 9.88 Å². The molecule has 1 N–H and O–H groups in total. The van der Waals surface area contributed by atoms with Crippen molar-refractivity contribution < 1.29 is 9.90 Å². The number of thiazole rings is 1. The van der Waals surface area contributed by atoms with Gasteiger partial charge in [-0.05, 0) is 45.4 Å². The molecule has 4 nitrogen and oxygen atoms in total. The third-order valence-corrected chi connectivity index (χ3v) is 6.03. The highest BCUT2D eigenvalue weighted by molar-refractivity contribution is 7.13. The second-order valence-corrected chi connectivity index (χ2v) is 7.73. The number of rotatable bonds is 4. The van der Waals surface area contributed by atoms with Gasteiger partial charge >= 0.3 is 5.97 Å². The maximum absolute atomic E-state index is 11.4. The van der Waals surface area contributed by atoms with Gasteiger partial charge in [-0.15, -0.1) is 11.3 Å². The summed E-state index contributed by atoms with van der Waals surface area (Å²) in [6.07, 6.45) is 7.93. The van der Waals surface area contributed by atoms with Crippen molar-refractivity contribution >= 4 is 22.4 Å². The standard InChI is InChI=1S/C16H24N2O2S/c1-16(2,14(19)20)13-10-21-15(17-13)18-9-5-8-12(18)11-6-3-4-7-11/h10-12H,3-9H2,1-2H3,(H,19,20). The van der Waals surface area contributed by atoms with E-state index in [0.717, 1.165) is 17.6 Å². The Kier molecular flexibility index (Phi) is 3.95. The molecule has 21 heavy (non-hydrogen) atoms. The molecule has 1 aliphatic heterocycles. The number of aromatic nitrogens is 1. The Hall–Kier alpha value is -1.10. The van der Waals surface area contributed by atoms with Gasteiger partial charge in [0, 0.05) is 18.0 Å². The normalized spacial score (nSPS) is 23.9. The summed E-state index contributed by atoms with van der Waals surface area (Å²) in [5, 5.41) is 12.3. The Morgan fingerprint density at radius 3 is 2.71 bits per heavy atom. The van der Waals surface area contributed by atoms with Crippen LogP contribution in [-0.2, 0) is 10.2 Å². The zero-order valence-electron chi connectivity index (χ0n) is 12.8. The fraction of sp³-hybridized carbons (Fsp3) is 0.750. The zero-order valence-corrected chi connectivity index (χ0v) is 13.7. The third-order valence-electron chi connectivity index (χ3n) is 5.16. The molecule has 1 aromatic rings. The summed E-state index contributed by atoms with van der Waals surface area (Å²) in [6.45, 7) is 4.53. The molecule has 2 fully saturated rings. The van der Waals surface area contributed by atoms with Gasteiger partial charge in [0.1, 0.15) is 5.41 Å². The summed E-state index contributed by atoms with van der Waals surface area (Å²) in [5.74, 6) is 0.000416. The van der Waals surface area contributed by atoms with Crippen LogP contribution in [0.25, 0.3) is 0 Å². The molecule has 1 saturated heterocycles. The number of nitrogens with zero attached hydrogens (tertiary/aromatic N) is 2. The van der Waals surface area contributed by atoms with Crippen molar-refractivity contribution in [1.29, 1.82) is 0 Å². The predicted octanol–water partition coefficient (Wildman–Crippen LogP) is 3.66. The van der Waals surface area contributed by atoms with Crippen molar-refractivity contribution in [1.82, 2.24) is 4.98 Å². The number of aliphatic carboxylic acids is 1. The fourth-order valence-electron chi connectivity index (χ4n) is 3.66. The Labute approximate surface area is 130 Å². The van der Waals surface area contributed by atoms with E-state index in [-0.39, 0.29) is 0 Å². The van der Waals surface area contributed by atoms with Gasteiger partial charge in [0.15, 0.2) is 5.13 Å². The fourth-order valence-corrected chi connectivity index (χ4v) is 4.73. The number of hydrogen-bond acceptors (Lipinski definition) is 4. The van der Waals surface area contributed by atoms with Gasteiger partial charge in [-0.2, -0.15) is 0 Å². The first kappa shape index (κ1) is 14.8. The highest BCUT2D eigenvalue weighted by atomic mass is 32.1. The van der Waals surface area contributed by atoms with Crippen molar-refractivity contribution in [2.75, 3.05) is 11.4 Å². The van der Waals surface area contributed by atoms with Crippen LogP contribution in [0.5, 0.6) is 0 Å². The van der Waals surface area contributed by atoms with E-state index < -0.39 is 11.4 Å². The molecule has 0 radical (unpaired) electrons. The van der Waals surface area contributed by atoms with Gasteiger partial charge in [-0.1, -0.05) is 12.8 Å². The first-order valence-electron chi connectivity index (χ1n) is 7.96. The van der Waals surface area contributed by atoms with Gasteiger partial charge in [0.05, 0.1) is 5.69 Å². The van der Waals surface area contributed by atoms with Crippen LogP contribution in [0.1, 0.15) is 58.1 Å². The minimum Gasteiger partial charge on any atom is -0.481 e. The Morgan fingerprint density at radius 1 is 1.33 bits per heavy atom. The second-order valence-electron chi connectivity index (χ2n) is 6.89. The van der Waals surface area contributed by atoms with Crippen molar-refractivity contribution in [3.63, 3.8) is 0 Å². The minimum absolute atomic E-state index is 0.624. The lowest BCUT2D eigenvalue weighted by molar-refractivity contribution is -0.142. The molecule has 2 heterocycles. The largest absolute Gasteiger partial charge is 0.481 e. The molecule has 1 aromatic heterocycles. The van der Waals surface area contributed by atoms with E-state index in [4.69, 9.17) is 0 Å². The molecule has 1 atom stereocenters. The van der Waals surface area contributed by atoms with E-state index in [0.29, 0.717) is 11.7 Å². The first-order chi connectivity index (χ1) is 10.00. The smallest absolute Gasteiger partial charge is 0.315 e. The summed E-state index contributed by atoms with van der Waals surface area (Å²) < 4.78 is 0. The molecule has 5 heteroatoms. The van der Waals surface area contributed by atoms with Gasteiger partial charge in [0.2, 0.25) is 0 Å². The SMILES string of the molecule is CC(C)(C(=O)O)c1csc(N2CCCC2C2CCCC2)n1. The van der Waals surface area contributed by atoms with Crippen LogP contribution in [0, 0.1) is 5.92 Å². The predicted molar refractivity (Wildman–Crippen MR) is 85.1 cm³/mol. The summed E-state index contributed by atoms with van der Waals surface area (Å²) in [5.41, 5.74) is -0.218. The summed E-state index contributed by atoms with van der Waals surface area (Å²) in [6, 6.07) is 0.624. The van der Waals surface area contributed by atoms with Crippen LogP contribution in [0.15, 0.2) is 5.38 Å². The van der Waals surface area contributed by atoms with Crippen molar-refractivity contribution in [2.24, 2.45) is 5.92 Å². The topological polar surface area (TPSA) is 53.4 Å². The third kappa shape index (κ3) is 2.68. The van der Waals surface area contributed by atoms with Crippen LogP contribution < -0.4 is 4.90 Å². The summed E-state index contributed by atoms with van der Waals surface area (Å²) in [7, 11) is 0. The Morgan fingerprint density at radius 2 is 2.05 bits per heavy atom. The van der Waals surface area contributed by atoms with E-state index in [1.807, 2.05) is 5.38 Å². The molecule has 0 amide bonds. The molecule has 1 aliphatic carbocycles. The number of carboxylic acid groups (broad SMARTS) is 1.